The van der Waals surface area contributed by atoms with Crippen molar-refractivity contribution in [1.29, 1.82) is 0 Å². The van der Waals surface area contributed by atoms with E-state index in [1.54, 1.807) is 0 Å². The smallest absolute Gasteiger partial charge is 0.323 e. The van der Waals surface area contributed by atoms with E-state index in [1.165, 1.54) is 0 Å². The maximum Gasteiger partial charge on any atom is 0.323 e. The largest absolute Gasteiger partial charge is 0.465 e. The summed E-state index contributed by atoms with van der Waals surface area (Å²) in [5.41, 5.74) is -1.14. The molecule has 0 heterocycles. The summed E-state index contributed by atoms with van der Waals surface area (Å²) in [6, 6.07) is 0. The first-order chi connectivity index (χ1) is 9.48. The molecule has 0 aromatic heterocycles. The van der Waals surface area contributed by atoms with Crippen LogP contribution >= 0.6 is 0 Å². The minimum absolute atomic E-state index is 0.154. The summed E-state index contributed by atoms with van der Waals surface area (Å²) in [7, 11) is 0. The van der Waals surface area contributed by atoms with Gasteiger partial charge in [0.2, 0.25) is 0 Å². The topological polar surface area (TPSA) is 52.6 Å². The molecule has 0 rings (SSSR count). The van der Waals surface area contributed by atoms with Crippen molar-refractivity contribution in [3.05, 3.63) is 0 Å². The van der Waals surface area contributed by atoms with E-state index in [0.29, 0.717) is 19.4 Å². The van der Waals surface area contributed by atoms with E-state index in [1.807, 2.05) is 27.7 Å². The van der Waals surface area contributed by atoms with E-state index in [2.05, 4.69) is 6.92 Å². The molecule has 0 amide bonds. The third-order valence-corrected chi connectivity index (χ3v) is 3.70. The Morgan fingerprint density at radius 3 is 2.05 bits per heavy atom. The molecule has 4 heteroatoms. The van der Waals surface area contributed by atoms with E-state index in [-0.39, 0.29) is 6.10 Å². The average Bonchev–Trinajstić information content (AvgIpc) is 2.44. The van der Waals surface area contributed by atoms with Crippen molar-refractivity contribution in [2.24, 2.45) is 5.41 Å². The third kappa shape index (κ3) is 5.14. The first kappa shape index (κ1) is 18.9. The fourth-order valence-electron chi connectivity index (χ4n) is 2.09. The quantitative estimate of drug-likeness (QED) is 0.452. The van der Waals surface area contributed by atoms with Crippen molar-refractivity contribution in [2.45, 2.75) is 79.2 Å². The molecule has 1 unspecified atom stereocenters. The summed E-state index contributed by atoms with van der Waals surface area (Å²) in [5.74, 6) is -0.885. The lowest BCUT2D eigenvalue weighted by molar-refractivity contribution is -0.176. The van der Waals surface area contributed by atoms with Crippen LogP contribution in [0.1, 0.15) is 73.1 Å². The van der Waals surface area contributed by atoms with Crippen molar-refractivity contribution < 1.29 is 19.1 Å². The second-order valence-corrected chi connectivity index (χ2v) is 5.28. The van der Waals surface area contributed by atoms with Crippen LogP contribution in [-0.2, 0) is 19.1 Å². The van der Waals surface area contributed by atoms with Crippen LogP contribution in [-0.4, -0.2) is 24.6 Å². The van der Waals surface area contributed by atoms with Crippen molar-refractivity contribution in [3.63, 3.8) is 0 Å². The average molecular weight is 286 g/mol. The Bertz CT molecular complexity index is 295. The van der Waals surface area contributed by atoms with Gasteiger partial charge in [0.05, 0.1) is 12.7 Å². The van der Waals surface area contributed by atoms with Crippen molar-refractivity contribution >= 4 is 11.9 Å². The number of hydrogen-bond acceptors (Lipinski definition) is 4. The van der Waals surface area contributed by atoms with E-state index < -0.39 is 17.4 Å². The van der Waals surface area contributed by atoms with Gasteiger partial charge in [-0.15, -0.1) is 0 Å². The van der Waals surface area contributed by atoms with Crippen LogP contribution in [0.3, 0.4) is 0 Å². The molecule has 0 bridgehead atoms. The summed E-state index contributed by atoms with van der Waals surface area (Å²) >= 11 is 0. The highest BCUT2D eigenvalue weighted by Crippen LogP contribution is 2.31. The van der Waals surface area contributed by atoms with E-state index >= 15 is 0 Å². The van der Waals surface area contributed by atoms with Crippen molar-refractivity contribution in [3.8, 4) is 0 Å². The lowest BCUT2D eigenvalue weighted by Crippen LogP contribution is -2.42. The first-order valence-corrected chi connectivity index (χ1v) is 7.86. The molecule has 0 N–H and O–H groups in total. The monoisotopic (exact) mass is 286 g/mol. The van der Waals surface area contributed by atoms with Gasteiger partial charge in [0.25, 0.3) is 0 Å². The van der Waals surface area contributed by atoms with Gasteiger partial charge in [-0.1, -0.05) is 40.5 Å². The van der Waals surface area contributed by atoms with Gasteiger partial charge in [0.15, 0.2) is 5.41 Å². The zero-order chi connectivity index (χ0) is 15.6. The highest BCUT2D eigenvalue weighted by molar-refractivity contribution is 6.00. The zero-order valence-electron chi connectivity index (χ0n) is 13.7. The second kappa shape index (κ2) is 9.78. The molecule has 0 saturated heterocycles. The summed E-state index contributed by atoms with van der Waals surface area (Å²) < 4.78 is 10.6. The SMILES string of the molecule is CCCCC(C)OC(=O)C(CC)(CC)C(=O)OCCC. The number of unbranched alkanes of at least 4 members (excludes halogenated alkanes) is 1. The molecule has 0 saturated carbocycles. The van der Waals surface area contributed by atoms with E-state index in [4.69, 9.17) is 9.47 Å². The maximum atomic E-state index is 12.4. The van der Waals surface area contributed by atoms with Gasteiger partial charge in [-0.25, -0.2) is 0 Å². The summed E-state index contributed by atoms with van der Waals surface area (Å²) in [6.07, 6.45) is 4.32. The van der Waals surface area contributed by atoms with Gasteiger partial charge in [-0.3, -0.25) is 9.59 Å². The molecule has 1 atom stereocenters. The van der Waals surface area contributed by atoms with Gasteiger partial charge in [-0.05, 0) is 32.6 Å². The van der Waals surface area contributed by atoms with Gasteiger partial charge in [-0.2, -0.15) is 0 Å². The van der Waals surface area contributed by atoms with E-state index in [9.17, 15) is 9.59 Å². The van der Waals surface area contributed by atoms with Gasteiger partial charge in [0, 0.05) is 0 Å². The number of carbonyl (C=O) groups excluding carboxylic acids is 2. The Balaban J connectivity index is 4.78. The number of ether oxygens (including phenoxy) is 2. The molecule has 0 aromatic carbocycles. The van der Waals surface area contributed by atoms with Gasteiger partial charge < -0.3 is 9.47 Å². The second-order valence-electron chi connectivity index (χ2n) is 5.28. The number of rotatable bonds is 10. The Kier molecular flexibility index (Phi) is 9.26. The summed E-state index contributed by atoms with van der Waals surface area (Å²) in [4.78, 5) is 24.6. The lowest BCUT2D eigenvalue weighted by atomic mass is 9.82. The predicted octanol–water partition coefficient (Wildman–Crippen LogP) is 3.87. The zero-order valence-corrected chi connectivity index (χ0v) is 13.7. The standard InChI is InChI=1S/C16H30O4/c1-6-10-11-13(5)20-15(18)16(8-3,9-4)14(17)19-12-7-2/h13H,6-12H2,1-5H3. The molecule has 0 aliphatic heterocycles. The number of hydrogen-bond donors (Lipinski definition) is 0. The summed E-state index contributed by atoms with van der Waals surface area (Å²) in [6.45, 7) is 9.90. The number of carbonyl (C=O) groups is 2. The third-order valence-electron chi connectivity index (χ3n) is 3.70. The lowest BCUT2D eigenvalue weighted by Gasteiger charge is -2.28. The Labute approximate surface area is 123 Å². The highest BCUT2D eigenvalue weighted by atomic mass is 16.6. The molecule has 0 aromatic rings. The molecule has 118 valence electrons. The van der Waals surface area contributed by atoms with Crippen LogP contribution in [0.4, 0.5) is 0 Å². The molecule has 4 nitrogen and oxygen atoms in total. The Morgan fingerprint density at radius 2 is 1.60 bits per heavy atom. The van der Waals surface area contributed by atoms with Crippen LogP contribution in [0.5, 0.6) is 0 Å². The highest BCUT2D eigenvalue weighted by Gasteiger charge is 2.46. The molecule has 0 aliphatic carbocycles. The number of esters is 2. The molecule has 0 aliphatic rings. The van der Waals surface area contributed by atoms with Crippen LogP contribution in [0, 0.1) is 5.41 Å². The fourth-order valence-corrected chi connectivity index (χ4v) is 2.09. The van der Waals surface area contributed by atoms with Crippen LogP contribution in [0.25, 0.3) is 0 Å². The molecule has 0 fully saturated rings. The van der Waals surface area contributed by atoms with Gasteiger partial charge >= 0.3 is 11.9 Å². The molecule has 20 heavy (non-hydrogen) atoms. The minimum Gasteiger partial charge on any atom is -0.465 e. The molecular weight excluding hydrogens is 256 g/mol. The summed E-state index contributed by atoms with van der Waals surface area (Å²) in [5, 5.41) is 0. The van der Waals surface area contributed by atoms with Crippen LogP contribution < -0.4 is 0 Å². The predicted molar refractivity (Wildman–Crippen MR) is 79.3 cm³/mol. The normalized spacial score (nSPS) is 12.8. The Morgan fingerprint density at radius 1 is 1.00 bits per heavy atom. The van der Waals surface area contributed by atoms with Crippen molar-refractivity contribution in [2.75, 3.05) is 6.61 Å². The minimum atomic E-state index is -1.14. The van der Waals surface area contributed by atoms with Crippen LogP contribution in [0.2, 0.25) is 0 Å². The maximum absolute atomic E-state index is 12.4. The Hall–Kier alpha value is -1.06. The molecule has 0 radical (unpaired) electrons. The van der Waals surface area contributed by atoms with E-state index in [0.717, 1.165) is 25.7 Å². The first-order valence-electron chi connectivity index (χ1n) is 7.86. The molecule has 0 spiro atoms. The van der Waals surface area contributed by atoms with Crippen molar-refractivity contribution in [1.82, 2.24) is 0 Å². The van der Waals surface area contributed by atoms with Crippen LogP contribution in [0.15, 0.2) is 0 Å². The fraction of sp³-hybridized carbons (Fsp3) is 0.875. The molecular formula is C16H30O4. The van der Waals surface area contributed by atoms with Gasteiger partial charge in [0.1, 0.15) is 0 Å².